The molecule has 3 rings (SSSR count). The van der Waals surface area contributed by atoms with E-state index in [1.54, 1.807) is 10.9 Å². The SMILES string of the molecule is Cc1ccc(Cn2cccn/c2=N\[n+]2ccccc2)cc1. The van der Waals surface area contributed by atoms with Crippen LogP contribution in [0, 0.1) is 6.92 Å². The second kappa shape index (κ2) is 6.13. The van der Waals surface area contributed by atoms with Gasteiger partial charge in [0.15, 0.2) is 0 Å². The van der Waals surface area contributed by atoms with Gasteiger partial charge in [-0.15, -0.1) is 0 Å². The van der Waals surface area contributed by atoms with Crippen molar-refractivity contribution in [2.24, 2.45) is 5.10 Å². The van der Waals surface area contributed by atoms with E-state index in [1.165, 1.54) is 11.1 Å². The molecule has 0 spiro atoms. The van der Waals surface area contributed by atoms with Crippen molar-refractivity contribution in [1.29, 1.82) is 0 Å². The topological polar surface area (TPSA) is 34.1 Å². The predicted octanol–water partition coefficient (Wildman–Crippen LogP) is 1.89. The number of aromatic nitrogens is 3. The zero-order valence-electron chi connectivity index (χ0n) is 11.9. The summed E-state index contributed by atoms with van der Waals surface area (Å²) in [5, 5.41) is 4.52. The third-order valence-corrected chi connectivity index (χ3v) is 3.18. The van der Waals surface area contributed by atoms with Crippen molar-refractivity contribution < 1.29 is 4.68 Å². The summed E-state index contributed by atoms with van der Waals surface area (Å²) in [6.45, 7) is 2.84. The Morgan fingerprint density at radius 3 is 2.57 bits per heavy atom. The van der Waals surface area contributed by atoms with E-state index in [0.29, 0.717) is 5.62 Å². The number of pyridine rings is 1. The molecule has 0 radical (unpaired) electrons. The summed E-state index contributed by atoms with van der Waals surface area (Å²) in [5.41, 5.74) is 3.17. The second-order valence-electron chi connectivity index (χ2n) is 4.89. The lowest BCUT2D eigenvalue weighted by molar-refractivity contribution is -0.683. The molecule has 0 aliphatic heterocycles. The highest BCUT2D eigenvalue weighted by molar-refractivity contribution is 5.21. The second-order valence-corrected chi connectivity index (χ2v) is 4.89. The summed E-state index contributed by atoms with van der Waals surface area (Å²) >= 11 is 0. The van der Waals surface area contributed by atoms with Gasteiger partial charge in [0, 0.05) is 29.6 Å². The Labute approximate surface area is 123 Å². The van der Waals surface area contributed by atoms with Crippen molar-refractivity contribution in [3.8, 4) is 0 Å². The Kier molecular flexibility index (Phi) is 3.87. The zero-order valence-corrected chi connectivity index (χ0v) is 11.9. The molecule has 0 N–H and O–H groups in total. The molecule has 2 aromatic heterocycles. The standard InChI is InChI=1S/C17H17N4/c1-15-6-8-16(9-7-15)14-20-11-5-10-18-17(20)19-21-12-3-2-4-13-21/h2-13H,14H2,1H3/q+1/b19-17+. The Balaban J connectivity index is 1.96. The molecule has 0 fully saturated rings. The lowest BCUT2D eigenvalue weighted by Gasteiger charge is -2.05. The Morgan fingerprint density at radius 1 is 1.05 bits per heavy atom. The van der Waals surface area contributed by atoms with Gasteiger partial charge in [-0.1, -0.05) is 40.6 Å². The molecule has 2 heterocycles. The predicted molar refractivity (Wildman–Crippen MR) is 80.1 cm³/mol. The van der Waals surface area contributed by atoms with E-state index in [9.17, 15) is 0 Å². The quantitative estimate of drug-likeness (QED) is 0.673. The van der Waals surface area contributed by atoms with Crippen molar-refractivity contribution in [3.05, 3.63) is 90.1 Å². The molecule has 0 aliphatic rings. The van der Waals surface area contributed by atoms with E-state index >= 15 is 0 Å². The number of rotatable bonds is 3. The van der Waals surface area contributed by atoms with Crippen LogP contribution in [0.25, 0.3) is 0 Å². The molecule has 0 unspecified atom stereocenters. The molecule has 0 atom stereocenters. The first-order chi connectivity index (χ1) is 10.3. The van der Waals surface area contributed by atoms with Gasteiger partial charge in [-0.2, -0.15) is 0 Å². The fraction of sp³-hybridized carbons (Fsp3) is 0.118. The third kappa shape index (κ3) is 3.42. The van der Waals surface area contributed by atoms with Gasteiger partial charge in [0.05, 0.1) is 6.54 Å². The molecule has 104 valence electrons. The van der Waals surface area contributed by atoms with Crippen LogP contribution in [0.4, 0.5) is 0 Å². The van der Waals surface area contributed by atoms with E-state index < -0.39 is 0 Å². The molecule has 4 heteroatoms. The van der Waals surface area contributed by atoms with E-state index in [1.807, 2.05) is 47.4 Å². The van der Waals surface area contributed by atoms with Crippen LogP contribution >= 0.6 is 0 Å². The fourth-order valence-electron chi connectivity index (χ4n) is 2.05. The molecule has 0 saturated heterocycles. The molecule has 0 bridgehead atoms. The first kappa shape index (κ1) is 13.2. The minimum atomic E-state index is 0.675. The lowest BCUT2D eigenvalue weighted by Crippen LogP contribution is -2.35. The van der Waals surface area contributed by atoms with E-state index in [2.05, 4.69) is 41.3 Å². The average Bonchev–Trinajstić information content (AvgIpc) is 2.52. The minimum absolute atomic E-state index is 0.675. The average molecular weight is 277 g/mol. The maximum Gasteiger partial charge on any atom is 0.295 e. The number of hydrogen-bond donors (Lipinski definition) is 0. The fourth-order valence-corrected chi connectivity index (χ4v) is 2.05. The molecule has 1 aromatic carbocycles. The van der Waals surface area contributed by atoms with Crippen LogP contribution in [0.2, 0.25) is 0 Å². The summed E-state index contributed by atoms with van der Waals surface area (Å²) in [6, 6.07) is 16.3. The number of benzene rings is 1. The van der Waals surface area contributed by atoms with Crippen molar-refractivity contribution in [3.63, 3.8) is 0 Å². The van der Waals surface area contributed by atoms with Crippen molar-refractivity contribution >= 4 is 0 Å². The number of aryl methyl sites for hydroxylation is 1. The monoisotopic (exact) mass is 277 g/mol. The van der Waals surface area contributed by atoms with Crippen LogP contribution < -0.4 is 10.3 Å². The summed E-state index contributed by atoms with van der Waals surface area (Å²) in [5.74, 6) is 0. The van der Waals surface area contributed by atoms with Gasteiger partial charge >= 0.3 is 0 Å². The van der Waals surface area contributed by atoms with Crippen molar-refractivity contribution in [2.45, 2.75) is 13.5 Å². The molecular weight excluding hydrogens is 260 g/mol. The largest absolute Gasteiger partial charge is 0.308 e. The van der Waals surface area contributed by atoms with Crippen molar-refractivity contribution in [1.82, 2.24) is 9.55 Å². The van der Waals surface area contributed by atoms with E-state index in [4.69, 9.17) is 0 Å². The van der Waals surface area contributed by atoms with Crippen LogP contribution in [-0.4, -0.2) is 9.55 Å². The Morgan fingerprint density at radius 2 is 1.81 bits per heavy atom. The van der Waals surface area contributed by atoms with Gasteiger partial charge in [-0.25, -0.2) is 4.98 Å². The molecule has 21 heavy (non-hydrogen) atoms. The summed E-state index contributed by atoms with van der Waals surface area (Å²) < 4.78 is 3.79. The van der Waals surface area contributed by atoms with Crippen LogP contribution in [0.1, 0.15) is 11.1 Å². The molecular formula is C17H17N4+. The highest BCUT2D eigenvalue weighted by Crippen LogP contribution is 2.03. The number of nitrogens with zero attached hydrogens (tertiary/aromatic N) is 4. The normalized spacial score (nSPS) is 11.6. The highest BCUT2D eigenvalue weighted by atomic mass is 15.4. The molecule has 4 nitrogen and oxygen atoms in total. The third-order valence-electron chi connectivity index (χ3n) is 3.18. The maximum absolute atomic E-state index is 4.52. The Bertz CT molecular complexity index is 774. The van der Waals surface area contributed by atoms with Gasteiger partial charge in [-0.3, -0.25) is 0 Å². The van der Waals surface area contributed by atoms with Gasteiger partial charge in [0.25, 0.3) is 5.62 Å². The first-order valence-electron chi connectivity index (χ1n) is 6.89. The molecule has 0 amide bonds. The van der Waals surface area contributed by atoms with Gasteiger partial charge in [-0.05, 0) is 18.6 Å². The van der Waals surface area contributed by atoms with Crippen LogP contribution in [-0.2, 0) is 6.54 Å². The summed E-state index contributed by atoms with van der Waals surface area (Å²) in [7, 11) is 0. The van der Waals surface area contributed by atoms with E-state index in [0.717, 1.165) is 6.54 Å². The van der Waals surface area contributed by atoms with Crippen molar-refractivity contribution in [2.75, 3.05) is 0 Å². The molecule has 3 aromatic rings. The summed E-state index contributed by atoms with van der Waals surface area (Å²) in [4.78, 5) is 4.36. The lowest BCUT2D eigenvalue weighted by atomic mass is 10.1. The van der Waals surface area contributed by atoms with Crippen LogP contribution in [0.3, 0.4) is 0 Å². The van der Waals surface area contributed by atoms with Gasteiger partial charge in [0.2, 0.25) is 12.4 Å². The molecule has 0 saturated carbocycles. The maximum atomic E-state index is 4.52. The minimum Gasteiger partial charge on any atom is -0.308 e. The van der Waals surface area contributed by atoms with E-state index in [-0.39, 0.29) is 0 Å². The highest BCUT2D eigenvalue weighted by Gasteiger charge is 2.00. The van der Waals surface area contributed by atoms with Gasteiger partial charge < -0.3 is 4.57 Å². The smallest absolute Gasteiger partial charge is 0.295 e. The Hall–Kier alpha value is -2.75. The summed E-state index contributed by atoms with van der Waals surface area (Å²) in [6.07, 6.45) is 7.54. The van der Waals surface area contributed by atoms with Crippen LogP contribution in [0.5, 0.6) is 0 Å². The number of hydrogen-bond acceptors (Lipinski definition) is 2. The molecule has 0 aliphatic carbocycles. The van der Waals surface area contributed by atoms with Crippen LogP contribution in [0.15, 0.2) is 78.4 Å². The van der Waals surface area contributed by atoms with Gasteiger partial charge in [0.1, 0.15) is 0 Å². The first-order valence-corrected chi connectivity index (χ1v) is 6.89. The zero-order chi connectivity index (χ0) is 14.5.